The van der Waals surface area contributed by atoms with Gasteiger partial charge in [-0.2, -0.15) is 0 Å². The summed E-state index contributed by atoms with van der Waals surface area (Å²) in [5.41, 5.74) is 3.71. The van der Waals surface area contributed by atoms with E-state index in [1.807, 2.05) is 0 Å². The Morgan fingerprint density at radius 2 is 1.45 bits per heavy atom. The van der Waals surface area contributed by atoms with Crippen LogP contribution in [0.15, 0.2) is 48.5 Å². The molecule has 3 aromatic rings. The van der Waals surface area contributed by atoms with Gasteiger partial charge in [0.05, 0.1) is 0 Å². The minimum Gasteiger partial charge on any atom is -0.222 e. The molecule has 0 spiro atoms. The quantitative estimate of drug-likeness (QED) is 0.463. The van der Waals surface area contributed by atoms with Crippen LogP contribution in [0, 0.1) is 17.2 Å². The van der Waals surface area contributed by atoms with Gasteiger partial charge in [-0.25, -0.2) is 23.6 Å². The molecule has 104 valence electrons. The first-order chi connectivity index (χ1) is 9.34. The lowest BCUT2D eigenvalue weighted by molar-refractivity contribution is -2.00. The Labute approximate surface area is 117 Å². The Hall–Kier alpha value is -1.76. The highest BCUT2D eigenvalue weighted by atomic mass is 35.7. The van der Waals surface area contributed by atoms with Crippen molar-refractivity contribution in [3.63, 3.8) is 0 Å². The van der Waals surface area contributed by atoms with Crippen LogP contribution in [0.2, 0.25) is 0 Å². The Morgan fingerprint density at radius 1 is 0.850 bits per heavy atom. The van der Waals surface area contributed by atoms with Crippen molar-refractivity contribution >= 4 is 21.8 Å². The molecule has 0 saturated carbocycles. The summed E-state index contributed by atoms with van der Waals surface area (Å²) >= 11 is 0. The second kappa shape index (κ2) is 5.70. The van der Waals surface area contributed by atoms with Crippen molar-refractivity contribution in [1.82, 2.24) is 0 Å². The second-order valence-corrected chi connectivity index (χ2v) is 5.03. The summed E-state index contributed by atoms with van der Waals surface area (Å²) in [5, 5.41) is 2.57. The smallest absolute Gasteiger partial charge is 0.211 e. The standard InChI is InChI=1S/C14H11N.ClHO4/c1-10-5-4-8-14-12(10)9-11-6-2-3-7-13(11)15-14;2-1(3,4)5/h2-9H,1H3;(H,2,3,4,5). The third-order valence-corrected chi connectivity index (χ3v) is 2.85. The van der Waals surface area contributed by atoms with Gasteiger partial charge >= 0.3 is 0 Å². The third-order valence-electron chi connectivity index (χ3n) is 2.85. The van der Waals surface area contributed by atoms with Crippen LogP contribution in [-0.4, -0.2) is 0 Å². The molecule has 0 aliphatic rings. The highest BCUT2D eigenvalue weighted by molar-refractivity contribution is 5.89. The number of nitrogens with one attached hydrogen (secondary N) is 1. The fourth-order valence-electron chi connectivity index (χ4n) is 2.02. The molecule has 0 radical (unpaired) electrons. The van der Waals surface area contributed by atoms with Crippen molar-refractivity contribution in [2.75, 3.05) is 0 Å². The summed E-state index contributed by atoms with van der Waals surface area (Å²) < 4.78 is 34.0. The molecule has 0 aliphatic heterocycles. The summed E-state index contributed by atoms with van der Waals surface area (Å²) in [7, 11) is -4.94. The van der Waals surface area contributed by atoms with Crippen LogP contribution < -0.4 is 23.6 Å². The molecule has 3 rings (SSSR count). The number of pyridine rings is 1. The average Bonchev–Trinajstić information content (AvgIpc) is 2.35. The van der Waals surface area contributed by atoms with E-state index < -0.39 is 10.2 Å². The number of rotatable bonds is 0. The van der Waals surface area contributed by atoms with E-state index >= 15 is 0 Å². The zero-order valence-electron chi connectivity index (χ0n) is 10.6. The molecule has 0 atom stereocenters. The monoisotopic (exact) mass is 293 g/mol. The molecule has 2 aromatic carbocycles. The van der Waals surface area contributed by atoms with Crippen molar-refractivity contribution in [2.45, 2.75) is 6.92 Å². The van der Waals surface area contributed by atoms with Crippen LogP contribution in [0.5, 0.6) is 0 Å². The van der Waals surface area contributed by atoms with E-state index in [9.17, 15) is 0 Å². The number of halogens is 1. The number of aromatic nitrogens is 1. The van der Waals surface area contributed by atoms with Crippen LogP contribution in [0.25, 0.3) is 21.8 Å². The van der Waals surface area contributed by atoms with Crippen molar-refractivity contribution < 1.29 is 33.9 Å². The molecule has 0 amide bonds. The van der Waals surface area contributed by atoms with Gasteiger partial charge in [0, 0.05) is 22.9 Å². The summed E-state index contributed by atoms with van der Waals surface area (Å²) in [5.74, 6) is 0. The molecule has 5 nitrogen and oxygen atoms in total. The summed E-state index contributed by atoms with van der Waals surface area (Å²) in [4.78, 5) is 3.45. The number of aromatic amines is 1. The Morgan fingerprint density at radius 3 is 2.15 bits per heavy atom. The molecule has 0 fully saturated rings. The number of hydrogen-bond donors (Lipinski definition) is 0. The fourth-order valence-corrected chi connectivity index (χ4v) is 2.02. The van der Waals surface area contributed by atoms with Crippen molar-refractivity contribution in [3.05, 3.63) is 54.1 Å². The van der Waals surface area contributed by atoms with E-state index in [2.05, 4.69) is 60.4 Å². The maximum absolute atomic E-state index is 8.49. The maximum Gasteiger partial charge on any atom is 0.211 e. The molecular weight excluding hydrogens is 282 g/mol. The van der Waals surface area contributed by atoms with Gasteiger partial charge in [0.1, 0.15) is 0 Å². The second-order valence-electron chi connectivity index (χ2n) is 4.27. The van der Waals surface area contributed by atoms with E-state index in [1.165, 1.54) is 27.4 Å². The van der Waals surface area contributed by atoms with Gasteiger partial charge in [-0.15, -0.1) is 10.2 Å². The third kappa shape index (κ3) is 3.86. The topological polar surface area (TPSA) is 106 Å². The normalized spacial score (nSPS) is 11.2. The molecule has 0 bridgehead atoms. The number of para-hydroxylation sites is 1. The minimum atomic E-state index is -4.94. The first kappa shape index (κ1) is 14.6. The van der Waals surface area contributed by atoms with Crippen LogP contribution in [0.3, 0.4) is 0 Å². The van der Waals surface area contributed by atoms with Gasteiger partial charge in [-0.05, 0) is 24.6 Å². The van der Waals surface area contributed by atoms with Crippen LogP contribution >= 0.6 is 0 Å². The highest BCUT2D eigenvalue weighted by Gasteiger charge is 2.06. The van der Waals surface area contributed by atoms with E-state index in [0.717, 1.165) is 0 Å². The van der Waals surface area contributed by atoms with E-state index in [1.54, 1.807) is 0 Å². The summed E-state index contributed by atoms with van der Waals surface area (Å²) in [6.07, 6.45) is 0. The zero-order valence-corrected chi connectivity index (χ0v) is 11.4. The first-order valence-electron chi connectivity index (χ1n) is 5.77. The van der Waals surface area contributed by atoms with Crippen molar-refractivity contribution in [3.8, 4) is 0 Å². The number of fused-ring (bicyclic) bond motifs is 2. The van der Waals surface area contributed by atoms with Crippen LogP contribution in [0.1, 0.15) is 5.56 Å². The molecule has 1 N–H and O–H groups in total. The predicted octanol–water partition coefficient (Wildman–Crippen LogP) is -1.64. The van der Waals surface area contributed by atoms with Gasteiger partial charge in [0.15, 0.2) is 0 Å². The lowest BCUT2D eigenvalue weighted by Gasteiger charge is -2.17. The molecule has 20 heavy (non-hydrogen) atoms. The van der Waals surface area contributed by atoms with Gasteiger partial charge < -0.3 is 0 Å². The molecular formula is C14H12ClNO4. The number of H-pyrrole nitrogens is 1. The van der Waals surface area contributed by atoms with E-state index in [-0.39, 0.29) is 0 Å². The molecule has 0 aliphatic carbocycles. The molecule has 1 heterocycles. The van der Waals surface area contributed by atoms with E-state index in [0.29, 0.717) is 0 Å². The maximum atomic E-state index is 8.49. The highest BCUT2D eigenvalue weighted by Crippen LogP contribution is 2.18. The lowest BCUT2D eigenvalue weighted by atomic mass is 10.1. The lowest BCUT2D eigenvalue weighted by Crippen LogP contribution is -2.68. The Bertz CT molecular complexity index is 734. The number of aryl methyl sites for hydroxylation is 1. The Balaban J connectivity index is 0.000000257. The van der Waals surface area contributed by atoms with Gasteiger partial charge in [-0.1, -0.05) is 24.3 Å². The number of benzene rings is 2. The first-order valence-corrected chi connectivity index (χ1v) is 7.00. The van der Waals surface area contributed by atoms with Crippen LogP contribution in [-0.2, 0) is 0 Å². The molecule has 0 unspecified atom stereocenters. The summed E-state index contributed by atoms with van der Waals surface area (Å²) in [6, 6.07) is 17.0. The molecule has 0 saturated heterocycles. The van der Waals surface area contributed by atoms with Crippen molar-refractivity contribution in [2.24, 2.45) is 0 Å². The largest absolute Gasteiger partial charge is 0.222 e. The zero-order chi connectivity index (χ0) is 14.8. The van der Waals surface area contributed by atoms with Gasteiger partial charge in [-0.3, -0.25) is 0 Å². The minimum absolute atomic E-state index is 1.19. The SMILES string of the molecule is Cc1cccc2[nH+]c3ccccc3cc12.[O-][Cl+3]([O-])([O-])[O-]. The molecule has 1 aromatic heterocycles. The van der Waals surface area contributed by atoms with Gasteiger partial charge in [0.2, 0.25) is 11.0 Å². The molecule has 6 heteroatoms. The Kier molecular flexibility index (Phi) is 4.17. The van der Waals surface area contributed by atoms with Gasteiger partial charge in [0.25, 0.3) is 0 Å². The summed E-state index contributed by atoms with van der Waals surface area (Å²) in [6.45, 7) is 2.14. The number of hydrogen-bond acceptors (Lipinski definition) is 4. The predicted molar refractivity (Wildman–Crippen MR) is 62.7 cm³/mol. The van der Waals surface area contributed by atoms with Crippen molar-refractivity contribution in [1.29, 1.82) is 0 Å². The van der Waals surface area contributed by atoms with E-state index in [4.69, 9.17) is 18.6 Å². The van der Waals surface area contributed by atoms with Crippen LogP contribution in [0.4, 0.5) is 0 Å². The fraction of sp³-hybridized carbons (Fsp3) is 0.0714. The average molecular weight is 294 g/mol.